The third-order valence-corrected chi connectivity index (χ3v) is 2.65. The van der Waals surface area contributed by atoms with E-state index in [1.165, 1.54) is 6.07 Å². The van der Waals surface area contributed by atoms with Crippen molar-refractivity contribution in [2.45, 2.75) is 45.4 Å². The minimum Gasteiger partial charge on any atom is -0.387 e. The Hall–Kier alpha value is -1.00. The molecule has 0 aliphatic heterocycles. The van der Waals surface area contributed by atoms with Gasteiger partial charge in [0.2, 0.25) is 0 Å². The third-order valence-electron chi connectivity index (χ3n) is 2.65. The van der Waals surface area contributed by atoms with Crippen LogP contribution >= 0.6 is 0 Å². The van der Waals surface area contributed by atoms with Gasteiger partial charge in [0.1, 0.15) is 0 Å². The van der Waals surface area contributed by atoms with Crippen LogP contribution in [0.3, 0.4) is 0 Å². The number of rotatable bonds is 5. The van der Waals surface area contributed by atoms with Crippen molar-refractivity contribution < 1.29 is 13.9 Å². The van der Waals surface area contributed by atoms with Gasteiger partial charge in [-0.1, -0.05) is 26.8 Å². The molecule has 2 N–H and O–H groups in total. The van der Waals surface area contributed by atoms with Crippen LogP contribution in [-0.4, -0.2) is 17.2 Å². The molecule has 2 nitrogen and oxygen atoms in total. The summed E-state index contributed by atoms with van der Waals surface area (Å²) in [5, 5.41) is 13.3. The molecule has 0 aromatic heterocycles. The maximum absolute atomic E-state index is 13.1. The number of aliphatic hydroxyl groups is 1. The smallest absolute Gasteiger partial charge is 0.159 e. The lowest BCUT2D eigenvalue weighted by Crippen LogP contribution is -2.38. The Morgan fingerprint density at radius 2 is 1.88 bits per heavy atom. The first-order valence-electron chi connectivity index (χ1n) is 5.84. The van der Waals surface area contributed by atoms with Gasteiger partial charge in [-0.2, -0.15) is 0 Å². The van der Waals surface area contributed by atoms with Crippen LogP contribution in [0, 0.1) is 11.6 Å². The Labute approximate surface area is 101 Å². The van der Waals surface area contributed by atoms with Crippen molar-refractivity contribution in [3.8, 4) is 0 Å². The van der Waals surface area contributed by atoms with Crippen LogP contribution in [-0.2, 0) is 0 Å². The molecule has 1 aromatic rings. The van der Waals surface area contributed by atoms with Crippen molar-refractivity contribution >= 4 is 0 Å². The zero-order chi connectivity index (χ0) is 13.0. The largest absolute Gasteiger partial charge is 0.387 e. The maximum Gasteiger partial charge on any atom is 0.159 e. The van der Waals surface area contributed by atoms with Gasteiger partial charge in [-0.25, -0.2) is 8.78 Å². The molecule has 17 heavy (non-hydrogen) atoms. The normalized spacial score (nSPS) is 15.0. The first-order chi connectivity index (χ1) is 7.95. The summed E-state index contributed by atoms with van der Waals surface area (Å²) in [5.41, 5.74) is 0.393. The van der Waals surface area contributed by atoms with Gasteiger partial charge < -0.3 is 10.4 Å². The van der Waals surface area contributed by atoms with Gasteiger partial charge in [-0.3, -0.25) is 0 Å². The zero-order valence-corrected chi connectivity index (χ0v) is 10.4. The summed E-state index contributed by atoms with van der Waals surface area (Å²) in [6.45, 7) is 5.88. The molecule has 1 aromatic carbocycles. The maximum atomic E-state index is 13.1. The van der Waals surface area contributed by atoms with E-state index in [2.05, 4.69) is 5.32 Å². The van der Waals surface area contributed by atoms with E-state index < -0.39 is 17.7 Å². The number of hydrogen-bond donors (Lipinski definition) is 2. The van der Waals surface area contributed by atoms with Crippen molar-refractivity contribution in [1.29, 1.82) is 0 Å². The molecular formula is C13H19F2NO. The highest BCUT2D eigenvalue weighted by Crippen LogP contribution is 2.21. The van der Waals surface area contributed by atoms with Crippen LogP contribution in [0.2, 0.25) is 0 Å². The van der Waals surface area contributed by atoms with Crippen LogP contribution in [0.15, 0.2) is 18.2 Å². The Morgan fingerprint density at radius 3 is 2.35 bits per heavy atom. The van der Waals surface area contributed by atoms with Crippen LogP contribution in [0.1, 0.15) is 38.9 Å². The topological polar surface area (TPSA) is 32.3 Å². The van der Waals surface area contributed by atoms with Gasteiger partial charge in [0, 0.05) is 12.1 Å². The van der Waals surface area contributed by atoms with Gasteiger partial charge in [0.25, 0.3) is 0 Å². The predicted molar refractivity (Wildman–Crippen MR) is 63.7 cm³/mol. The van der Waals surface area contributed by atoms with E-state index in [-0.39, 0.29) is 12.1 Å². The summed E-state index contributed by atoms with van der Waals surface area (Å²) in [7, 11) is 0. The fourth-order valence-electron chi connectivity index (χ4n) is 1.79. The van der Waals surface area contributed by atoms with Crippen LogP contribution < -0.4 is 5.32 Å². The van der Waals surface area contributed by atoms with E-state index in [0.29, 0.717) is 12.0 Å². The predicted octanol–water partition coefficient (Wildman–Crippen LogP) is 2.77. The SMILES string of the molecule is CCC(NC(C)C)C(O)c1ccc(F)c(F)c1. The molecule has 0 spiro atoms. The lowest BCUT2D eigenvalue weighted by atomic mass is 9.99. The van der Waals surface area contributed by atoms with Crippen LogP contribution in [0.5, 0.6) is 0 Å². The van der Waals surface area contributed by atoms with Crippen LogP contribution in [0.25, 0.3) is 0 Å². The van der Waals surface area contributed by atoms with Crippen molar-refractivity contribution in [1.82, 2.24) is 5.32 Å². The summed E-state index contributed by atoms with van der Waals surface area (Å²) in [4.78, 5) is 0. The molecule has 2 atom stereocenters. The monoisotopic (exact) mass is 243 g/mol. The molecule has 0 amide bonds. The molecule has 1 rings (SSSR count). The average Bonchev–Trinajstić information content (AvgIpc) is 2.28. The third kappa shape index (κ3) is 3.75. The van der Waals surface area contributed by atoms with Gasteiger partial charge in [-0.15, -0.1) is 0 Å². The molecule has 0 heterocycles. The number of halogens is 2. The first kappa shape index (κ1) is 14.1. The fourth-order valence-corrected chi connectivity index (χ4v) is 1.79. The fraction of sp³-hybridized carbons (Fsp3) is 0.538. The number of nitrogens with one attached hydrogen (secondary N) is 1. The first-order valence-corrected chi connectivity index (χ1v) is 5.84. The highest BCUT2D eigenvalue weighted by molar-refractivity contribution is 5.21. The van der Waals surface area contributed by atoms with Crippen molar-refractivity contribution in [3.05, 3.63) is 35.4 Å². The Balaban J connectivity index is 2.85. The second-order valence-electron chi connectivity index (χ2n) is 4.45. The molecule has 2 unspecified atom stereocenters. The van der Waals surface area contributed by atoms with E-state index >= 15 is 0 Å². The summed E-state index contributed by atoms with van der Waals surface area (Å²) >= 11 is 0. The number of hydrogen-bond acceptors (Lipinski definition) is 2. The van der Waals surface area contributed by atoms with E-state index in [1.807, 2.05) is 20.8 Å². The molecule has 0 aliphatic carbocycles. The van der Waals surface area contributed by atoms with Gasteiger partial charge in [0.15, 0.2) is 11.6 Å². The van der Waals surface area contributed by atoms with Gasteiger partial charge in [-0.05, 0) is 24.1 Å². The summed E-state index contributed by atoms with van der Waals surface area (Å²) in [5.74, 6) is -1.83. The minimum atomic E-state index is -0.930. The second kappa shape index (κ2) is 6.07. The lowest BCUT2D eigenvalue weighted by Gasteiger charge is -2.25. The van der Waals surface area contributed by atoms with E-state index in [0.717, 1.165) is 12.1 Å². The van der Waals surface area contributed by atoms with Crippen LogP contribution in [0.4, 0.5) is 8.78 Å². The standard InChI is InChI=1S/C13H19F2NO/c1-4-12(16-8(2)3)13(17)9-5-6-10(14)11(15)7-9/h5-8,12-13,16-17H,4H2,1-3H3. The molecule has 0 saturated heterocycles. The Morgan fingerprint density at radius 1 is 1.24 bits per heavy atom. The summed E-state index contributed by atoms with van der Waals surface area (Å²) < 4.78 is 25.8. The average molecular weight is 243 g/mol. The lowest BCUT2D eigenvalue weighted by molar-refractivity contribution is 0.121. The zero-order valence-electron chi connectivity index (χ0n) is 10.4. The molecule has 4 heteroatoms. The second-order valence-corrected chi connectivity index (χ2v) is 4.45. The van der Waals surface area contributed by atoms with Gasteiger partial charge in [0.05, 0.1) is 6.10 Å². The quantitative estimate of drug-likeness (QED) is 0.833. The summed E-state index contributed by atoms with van der Waals surface area (Å²) in [6, 6.07) is 3.55. The molecule has 96 valence electrons. The van der Waals surface area contributed by atoms with Crippen molar-refractivity contribution in [3.63, 3.8) is 0 Å². The van der Waals surface area contributed by atoms with Crippen molar-refractivity contribution in [2.75, 3.05) is 0 Å². The number of aliphatic hydroxyl groups excluding tert-OH is 1. The number of benzene rings is 1. The molecule has 0 aliphatic rings. The van der Waals surface area contributed by atoms with E-state index in [9.17, 15) is 13.9 Å². The highest BCUT2D eigenvalue weighted by Gasteiger charge is 2.20. The molecule has 0 bridgehead atoms. The minimum absolute atomic E-state index is 0.167. The summed E-state index contributed by atoms with van der Waals surface area (Å²) in [6.07, 6.45) is -0.129. The molecule has 0 saturated carbocycles. The molecule has 0 fully saturated rings. The highest BCUT2D eigenvalue weighted by atomic mass is 19.2. The molecule has 0 radical (unpaired) electrons. The van der Waals surface area contributed by atoms with Gasteiger partial charge >= 0.3 is 0 Å². The van der Waals surface area contributed by atoms with E-state index in [4.69, 9.17) is 0 Å². The van der Waals surface area contributed by atoms with Crippen molar-refractivity contribution in [2.24, 2.45) is 0 Å². The Bertz CT molecular complexity index is 368. The Kier molecular flexibility index (Phi) is 5.02. The molecular weight excluding hydrogens is 224 g/mol. The van der Waals surface area contributed by atoms with E-state index in [1.54, 1.807) is 0 Å².